The molecule has 7 N–H and O–H groups in total. The van der Waals surface area contributed by atoms with E-state index in [0.29, 0.717) is 25.0 Å². The number of nitrogen functional groups attached to an aromatic ring is 1. The topological polar surface area (TPSA) is 244 Å². The molecular formula is C44H73N3O14S. The molecule has 6 fully saturated rings. The number of aliphatic hydroxyl groups is 4. The monoisotopic (exact) mass is 899 g/mol. The Hall–Kier alpha value is -1.94. The Kier molecular flexibility index (Phi) is 15.6. The van der Waals surface area contributed by atoms with Crippen LogP contribution in [-0.4, -0.2) is 138 Å². The van der Waals surface area contributed by atoms with Crippen molar-refractivity contribution in [3.63, 3.8) is 0 Å². The standard InChI is InChI=1S/C36H62O11.C8H11N3O3S/c1-10-34(31-20(3)16-26(43-31)28-19(2)15-21(4)36(41,18-37)46-28)12-11-27(44-34)33(8)13-14-35(47-33)17-25(38)22(5)30(45-35)23(6)29(42-9)24(7)32(39)40;9-5-1-2-11(8(13)10-5)6-4-15-7(3-12)14-6/h19-31,37-38,41H,10-18H2,1-9H3,(H,39,40);1-2,6-7,12H,3-4H2,(H2,9,10,13)/t19-,20-,21+,22+,23-,24-,25-,26+,27+,28-,29+,30-,31+,33-,34-,35+,36-;6-,7+/m00/s1. The summed E-state index contributed by atoms with van der Waals surface area (Å²) < 4.78 is 46.2. The van der Waals surface area contributed by atoms with Crippen molar-refractivity contribution in [3.8, 4) is 0 Å². The molecule has 354 valence electrons. The maximum absolute atomic E-state index is 11.8. The van der Waals surface area contributed by atoms with Crippen LogP contribution in [0.2, 0.25) is 0 Å². The van der Waals surface area contributed by atoms with Gasteiger partial charge in [0.25, 0.3) is 0 Å². The summed E-state index contributed by atoms with van der Waals surface area (Å²) in [7, 11) is 1.52. The number of aromatic nitrogens is 2. The van der Waals surface area contributed by atoms with Crippen LogP contribution in [0, 0.1) is 35.5 Å². The number of rotatable bonds is 12. The van der Waals surface area contributed by atoms with Crippen LogP contribution in [0.15, 0.2) is 17.1 Å². The minimum absolute atomic E-state index is 0.0572. The van der Waals surface area contributed by atoms with E-state index in [9.17, 15) is 30.0 Å². The molecule has 0 bridgehead atoms. The second-order valence-electron chi connectivity index (χ2n) is 19.4. The Morgan fingerprint density at radius 3 is 2.42 bits per heavy atom. The van der Waals surface area contributed by atoms with E-state index in [1.807, 2.05) is 20.8 Å². The van der Waals surface area contributed by atoms with Crippen LogP contribution in [-0.2, 0) is 38.0 Å². The fraction of sp³-hybridized carbons (Fsp3) is 0.886. The van der Waals surface area contributed by atoms with Crippen molar-refractivity contribution >= 4 is 23.5 Å². The van der Waals surface area contributed by atoms with E-state index in [2.05, 4.69) is 32.7 Å². The summed E-state index contributed by atoms with van der Waals surface area (Å²) in [5, 5.41) is 50.7. The highest BCUT2D eigenvalue weighted by Crippen LogP contribution is 2.55. The maximum atomic E-state index is 11.8. The van der Waals surface area contributed by atoms with E-state index < -0.39 is 65.3 Å². The van der Waals surface area contributed by atoms with Gasteiger partial charge < -0.3 is 64.4 Å². The van der Waals surface area contributed by atoms with Crippen molar-refractivity contribution < 1.29 is 63.5 Å². The number of aliphatic hydroxyl groups excluding tert-OH is 3. The number of carbonyl (C=O) groups is 1. The number of carboxylic acids is 1. The number of anilines is 1. The number of hydrogen-bond acceptors (Lipinski definition) is 16. The first-order valence-corrected chi connectivity index (χ1v) is 23.6. The summed E-state index contributed by atoms with van der Waals surface area (Å²) in [6.45, 7) is 15.5. The highest BCUT2D eigenvalue weighted by atomic mass is 32.2. The molecule has 0 amide bonds. The third-order valence-electron chi connectivity index (χ3n) is 15.1. The fourth-order valence-electron chi connectivity index (χ4n) is 11.2. The zero-order valence-electron chi connectivity index (χ0n) is 37.9. The summed E-state index contributed by atoms with van der Waals surface area (Å²) in [5.41, 5.74) is 3.53. The van der Waals surface area contributed by atoms with Crippen LogP contribution in [0.4, 0.5) is 5.82 Å². The van der Waals surface area contributed by atoms with Gasteiger partial charge in [0.1, 0.15) is 17.5 Å². The van der Waals surface area contributed by atoms with Crippen molar-refractivity contribution in [1.82, 2.24) is 9.55 Å². The Morgan fingerprint density at radius 1 is 1.08 bits per heavy atom. The molecular weight excluding hydrogens is 827 g/mol. The lowest BCUT2D eigenvalue weighted by atomic mass is 9.78. The molecule has 19 atom stereocenters. The molecule has 7 rings (SSSR count). The maximum Gasteiger partial charge on any atom is 0.351 e. The highest BCUT2D eigenvalue weighted by Gasteiger charge is 2.62. The summed E-state index contributed by atoms with van der Waals surface area (Å²) in [6.07, 6.45) is 4.18. The average molecular weight is 900 g/mol. The number of nitrogens with zero attached hydrogens (tertiary/aromatic N) is 2. The molecule has 0 radical (unpaired) electrons. The van der Waals surface area contributed by atoms with Gasteiger partial charge in [0.05, 0.1) is 73.1 Å². The molecule has 6 saturated heterocycles. The Labute approximate surface area is 369 Å². The van der Waals surface area contributed by atoms with E-state index in [0.717, 1.165) is 32.1 Å². The number of aliphatic carboxylic acids is 1. The Bertz CT molecular complexity index is 1740. The van der Waals surface area contributed by atoms with Crippen molar-refractivity contribution in [2.75, 3.05) is 31.8 Å². The van der Waals surface area contributed by atoms with E-state index in [4.69, 9.17) is 44.0 Å². The molecule has 6 aliphatic heterocycles. The van der Waals surface area contributed by atoms with E-state index in [-0.39, 0.29) is 78.1 Å². The molecule has 0 unspecified atom stereocenters. The van der Waals surface area contributed by atoms with Crippen LogP contribution < -0.4 is 11.4 Å². The lowest BCUT2D eigenvalue weighted by Crippen LogP contribution is -2.57. The second kappa shape index (κ2) is 19.5. The van der Waals surface area contributed by atoms with Crippen LogP contribution in [0.3, 0.4) is 0 Å². The van der Waals surface area contributed by atoms with Crippen LogP contribution in [0.1, 0.15) is 113 Å². The van der Waals surface area contributed by atoms with Crippen LogP contribution in [0.5, 0.6) is 0 Å². The van der Waals surface area contributed by atoms with Crippen molar-refractivity contribution in [2.24, 2.45) is 35.5 Å². The molecule has 0 saturated carbocycles. The number of methoxy groups -OCH3 is 1. The minimum atomic E-state index is -1.56. The molecule has 62 heavy (non-hydrogen) atoms. The van der Waals surface area contributed by atoms with Gasteiger partial charge in [-0.3, -0.25) is 9.36 Å². The first-order valence-electron chi connectivity index (χ1n) is 22.6. The first-order chi connectivity index (χ1) is 29.2. The van der Waals surface area contributed by atoms with Crippen LogP contribution >= 0.6 is 11.8 Å². The molecule has 6 aliphatic rings. The van der Waals surface area contributed by atoms with Gasteiger partial charge in [-0.15, -0.1) is 11.8 Å². The predicted octanol–water partition coefficient (Wildman–Crippen LogP) is 3.68. The number of carboxylic acid groups (broad SMARTS) is 1. The van der Waals surface area contributed by atoms with Gasteiger partial charge in [-0.05, 0) is 70.3 Å². The zero-order chi connectivity index (χ0) is 45.5. The van der Waals surface area contributed by atoms with Gasteiger partial charge in [0.2, 0.25) is 0 Å². The largest absolute Gasteiger partial charge is 0.481 e. The van der Waals surface area contributed by atoms with Gasteiger partial charge in [0.15, 0.2) is 11.6 Å². The molecule has 1 aromatic rings. The lowest BCUT2D eigenvalue weighted by molar-refractivity contribution is -0.336. The minimum Gasteiger partial charge on any atom is -0.481 e. The van der Waals surface area contributed by atoms with Gasteiger partial charge in [0, 0.05) is 49.7 Å². The number of ether oxygens (including phenoxy) is 7. The summed E-state index contributed by atoms with van der Waals surface area (Å²) in [6, 6.07) is 1.54. The zero-order valence-corrected chi connectivity index (χ0v) is 38.7. The van der Waals surface area contributed by atoms with Gasteiger partial charge in [-0.25, -0.2) is 4.79 Å². The third kappa shape index (κ3) is 9.78. The van der Waals surface area contributed by atoms with Crippen LogP contribution in [0.25, 0.3) is 0 Å². The highest BCUT2D eigenvalue weighted by molar-refractivity contribution is 8.00. The smallest absolute Gasteiger partial charge is 0.351 e. The van der Waals surface area contributed by atoms with Gasteiger partial charge in [-0.2, -0.15) is 4.98 Å². The molecule has 17 nitrogen and oxygen atoms in total. The summed E-state index contributed by atoms with van der Waals surface area (Å²) >= 11 is 1.47. The first kappa shape index (κ1) is 49.5. The number of thioether (sulfide) groups is 1. The summed E-state index contributed by atoms with van der Waals surface area (Å²) in [5.74, 6) is -3.71. The predicted molar refractivity (Wildman–Crippen MR) is 229 cm³/mol. The fourth-order valence-corrected chi connectivity index (χ4v) is 12.2. The Morgan fingerprint density at radius 2 is 1.81 bits per heavy atom. The number of hydrogen-bond donors (Lipinski definition) is 6. The third-order valence-corrected chi connectivity index (χ3v) is 16.2. The van der Waals surface area contributed by atoms with Crippen molar-refractivity contribution in [2.45, 2.75) is 184 Å². The molecule has 0 aliphatic carbocycles. The average Bonchev–Trinajstić information content (AvgIpc) is 4.04. The van der Waals surface area contributed by atoms with E-state index in [1.54, 1.807) is 19.2 Å². The quantitative estimate of drug-likeness (QED) is 0.175. The van der Waals surface area contributed by atoms with Gasteiger partial charge in [-0.1, -0.05) is 41.5 Å². The Balaban J connectivity index is 0.000000358. The normalized spacial score (nSPS) is 44.8. The van der Waals surface area contributed by atoms with E-state index in [1.165, 1.54) is 23.4 Å². The molecule has 7 heterocycles. The van der Waals surface area contributed by atoms with Crippen molar-refractivity contribution in [3.05, 3.63) is 22.7 Å². The summed E-state index contributed by atoms with van der Waals surface area (Å²) in [4.78, 5) is 26.9. The molecule has 0 aromatic carbocycles. The molecule has 1 spiro atoms. The van der Waals surface area contributed by atoms with E-state index >= 15 is 0 Å². The lowest BCUT2D eigenvalue weighted by Gasteiger charge is -2.49. The van der Waals surface area contributed by atoms with Crippen molar-refractivity contribution in [1.29, 1.82) is 0 Å². The number of nitrogens with two attached hydrogens (primary N) is 1. The second-order valence-corrected chi connectivity index (χ2v) is 20.6. The molecule has 18 heteroatoms. The molecule has 1 aromatic heterocycles. The van der Waals surface area contributed by atoms with Gasteiger partial charge >= 0.3 is 11.7 Å². The SMILES string of the molecule is CC[C@@]1([C@@H]2O[C@@H]([C@H]3O[C@@](O)(CO)[C@H](C)C[C@@H]3C)C[C@@H]2C)CC[C@H]([C@]2(C)CC[C@]3(C[C@H](O)[C@@H](C)[C@@H]([C@@H](C)[C@@H](OC)[C@H](C)C(=O)O)O3)O2)O1.Nc1ccn([C@@H]2CS[C@H](CO)O2)c(=O)n1.